The van der Waals surface area contributed by atoms with Gasteiger partial charge in [0.15, 0.2) is 0 Å². The smallest absolute Gasteiger partial charge is 0.134 e. The average molecular weight is 266 g/mol. The van der Waals surface area contributed by atoms with Gasteiger partial charge in [0.25, 0.3) is 0 Å². The van der Waals surface area contributed by atoms with E-state index in [2.05, 4.69) is 32.2 Å². The number of hydrogen-bond donors (Lipinski definition) is 1. The normalized spacial score (nSPS) is 15.2. The van der Waals surface area contributed by atoms with E-state index in [4.69, 9.17) is 16.0 Å². The molecule has 0 saturated carbocycles. The van der Waals surface area contributed by atoms with Gasteiger partial charge < -0.3 is 9.73 Å². The molecular weight excluding hydrogens is 246 g/mol. The lowest BCUT2D eigenvalue weighted by Crippen LogP contribution is -2.26. The second-order valence-corrected chi connectivity index (χ2v) is 5.64. The van der Waals surface area contributed by atoms with Crippen LogP contribution in [0.2, 0.25) is 5.02 Å². The molecule has 3 heteroatoms. The second-order valence-electron chi connectivity index (χ2n) is 5.20. The van der Waals surface area contributed by atoms with Crippen molar-refractivity contribution in [1.82, 2.24) is 5.32 Å². The number of furan rings is 1. The highest BCUT2D eigenvalue weighted by molar-refractivity contribution is 6.31. The third-order valence-electron chi connectivity index (χ3n) is 3.69. The molecule has 0 fully saturated rings. The maximum Gasteiger partial charge on any atom is 0.134 e. The lowest BCUT2D eigenvalue weighted by molar-refractivity contribution is 0.284. The minimum absolute atomic E-state index is 0.233. The molecular formula is C15H20ClNO. The summed E-state index contributed by atoms with van der Waals surface area (Å²) in [5.41, 5.74) is 0.894. The Morgan fingerprint density at radius 1 is 1.17 bits per heavy atom. The van der Waals surface area contributed by atoms with Crippen LogP contribution in [-0.4, -0.2) is 7.05 Å². The maximum atomic E-state index is 6.00. The topological polar surface area (TPSA) is 25.2 Å². The molecule has 1 aromatic carbocycles. The summed E-state index contributed by atoms with van der Waals surface area (Å²) in [6, 6.07) is 8.04. The fraction of sp³-hybridized carbons (Fsp3) is 0.467. The zero-order valence-corrected chi connectivity index (χ0v) is 12.1. The molecule has 1 aromatic heterocycles. The van der Waals surface area contributed by atoms with Gasteiger partial charge in [-0.15, -0.1) is 0 Å². The molecule has 2 unspecified atom stereocenters. The second kappa shape index (κ2) is 5.33. The van der Waals surface area contributed by atoms with Crippen molar-refractivity contribution in [2.45, 2.75) is 26.8 Å². The molecule has 0 saturated heterocycles. The molecule has 98 valence electrons. The lowest BCUT2D eigenvalue weighted by atomic mass is 9.89. The largest absolute Gasteiger partial charge is 0.459 e. The van der Waals surface area contributed by atoms with Crippen LogP contribution in [0, 0.1) is 11.8 Å². The van der Waals surface area contributed by atoms with E-state index in [-0.39, 0.29) is 6.04 Å². The summed E-state index contributed by atoms with van der Waals surface area (Å²) >= 11 is 6.00. The fourth-order valence-electron chi connectivity index (χ4n) is 2.24. The van der Waals surface area contributed by atoms with Gasteiger partial charge in [0, 0.05) is 10.4 Å². The van der Waals surface area contributed by atoms with Crippen LogP contribution in [0.4, 0.5) is 0 Å². The number of nitrogens with one attached hydrogen (secondary N) is 1. The van der Waals surface area contributed by atoms with E-state index in [0.29, 0.717) is 11.8 Å². The number of benzene rings is 1. The Morgan fingerprint density at radius 2 is 1.89 bits per heavy atom. The van der Waals surface area contributed by atoms with Crippen molar-refractivity contribution in [3.05, 3.63) is 35.0 Å². The summed E-state index contributed by atoms with van der Waals surface area (Å²) in [6.45, 7) is 6.70. The molecule has 0 amide bonds. The van der Waals surface area contributed by atoms with Crippen molar-refractivity contribution >= 4 is 22.6 Å². The zero-order chi connectivity index (χ0) is 13.3. The zero-order valence-electron chi connectivity index (χ0n) is 11.3. The van der Waals surface area contributed by atoms with E-state index in [9.17, 15) is 0 Å². The molecule has 2 atom stereocenters. The number of hydrogen-bond acceptors (Lipinski definition) is 2. The van der Waals surface area contributed by atoms with Gasteiger partial charge in [-0.1, -0.05) is 32.4 Å². The Morgan fingerprint density at radius 3 is 2.50 bits per heavy atom. The Bertz CT molecular complexity index is 532. The van der Waals surface area contributed by atoms with Crippen LogP contribution in [0.25, 0.3) is 11.0 Å². The van der Waals surface area contributed by atoms with Crippen molar-refractivity contribution < 1.29 is 4.42 Å². The standard InChI is InChI=1S/C15H20ClNO/c1-9(2)10(3)15(17-4)14-8-11-7-12(16)5-6-13(11)18-14/h5-10,15,17H,1-4H3. The van der Waals surface area contributed by atoms with E-state index in [1.807, 2.05) is 25.2 Å². The van der Waals surface area contributed by atoms with E-state index < -0.39 is 0 Å². The Kier molecular flexibility index (Phi) is 3.98. The lowest BCUT2D eigenvalue weighted by Gasteiger charge is -2.24. The van der Waals surface area contributed by atoms with Crippen molar-refractivity contribution in [3.63, 3.8) is 0 Å². The predicted molar refractivity (Wildman–Crippen MR) is 77.0 cm³/mol. The maximum absolute atomic E-state index is 6.00. The van der Waals surface area contributed by atoms with E-state index >= 15 is 0 Å². The molecule has 18 heavy (non-hydrogen) atoms. The van der Waals surface area contributed by atoms with Crippen molar-refractivity contribution in [1.29, 1.82) is 0 Å². The van der Waals surface area contributed by atoms with Gasteiger partial charge in [-0.05, 0) is 43.1 Å². The van der Waals surface area contributed by atoms with Crippen LogP contribution in [0.3, 0.4) is 0 Å². The molecule has 1 N–H and O–H groups in total. The van der Waals surface area contributed by atoms with Gasteiger partial charge in [-0.25, -0.2) is 0 Å². The highest BCUT2D eigenvalue weighted by Crippen LogP contribution is 2.32. The summed E-state index contributed by atoms with van der Waals surface area (Å²) in [5.74, 6) is 2.08. The molecule has 1 heterocycles. The first-order valence-corrected chi connectivity index (χ1v) is 6.77. The first-order valence-electron chi connectivity index (χ1n) is 6.39. The Balaban J connectivity index is 2.39. The SMILES string of the molecule is CNC(c1cc2cc(Cl)ccc2o1)C(C)C(C)C. The van der Waals surface area contributed by atoms with Crippen LogP contribution in [0.5, 0.6) is 0 Å². The van der Waals surface area contributed by atoms with Gasteiger partial charge in [0.1, 0.15) is 11.3 Å². The summed E-state index contributed by atoms with van der Waals surface area (Å²) in [5, 5.41) is 5.16. The van der Waals surface area contributed by atoms with Crippen LogP contribution in [0.1, 0.15) is 32.6 Å². The molecule has 2 nitrogen and oxygen atoms in total. The third kappa shape index (κ3) is 2.55. The molecule has 2 rings (SSSR count). The van der Waals surface area contributed by atoms with Gasteiger partial charge in [0.05, 0.1) is 6.04 Å². The molecule has 0 aliphatic carbocycles. The van der Waals surface area contributed by atoms with Gasteiger partial charge in [0.2, 0.25) is 0 Å². The van der Waals surface area contributed by atoms with Crippen LogP contribution in [0.15, 0.2) is 28.7 Å². The molecule has 0 aliphatic rings. The van der Waals surface area contributed by atoms with Crippen LogP contribution < -0.4 is 5.32 Å². The van der Waals surface area contributed by atoms with Crippen molar-refractivity contribution in [2.75, 3.05) is 7.05 Å². The number of fused-ring (bicyclic) bond motifs is 1. The predicted octanol–water partition coefficient (Wildman–Crippen LogP) is 4.64. The summed E-state index contributed by atoms with van der Waals surface area (Å²) < 4.78 is 5.93. The molecule has 0 bridgehead atoms. The number of rotatable bonds is 4. The van der Waals surface area contributed by atoms with Gasteiger partial charge >= 0.3 is 0 Å². The summed E-state index contributed by atoms with van der Waals surface area (Å²) in [6.07, 6.45) is 0. The highest BCUT2D eigenvalue weighted by atomic mass is 35.5. The third-order valence-corrected chi connectivity index (χ3v) is 3.93. The minimum atomic E-state index is 0.233. The monoisotopic (exact) mass is 265 g/mol. The molecule has 0 aliphatic heterocycles. The average Bonchev–Trinajstić information content (AvgIpc) is 2.72. The summed E-state index contributed by atoms with van der Waals surface area (Å²) in [4.78, 5) is 0. The Hall–Kier alpha value is -0.990. The molecule has 2 aromatic rings. The quantitative estimate of drug-likeness (QED) is 0.871. The first kappa shape index (κ1) is 13.4. The van der Waals surface area contributed by atoms with Crippen LogP contribution >= 0.6 is 11.6 Å². The van der Waals surface area contributed by atoms with Crippen molar-refractivity contribution in [3.8, 4) is 0 Å². The molecule has 0 spiro atoms. The van der Waals surface area contributed by atoms with E-state index in [1.165, 1.54) is 0 Å². The van der Waals surface area contributed by atoms with Crippen LogP contribution in [-0.2, 0) is 0 Å². The Labute approximate surface area is 113 Å². The highest BCUT2D eigenvalue weighted by Gasteiger charge is 2.23. The first-order chi connectivity index (χ1) is 8.52. The molecule has 0 radical (unpaired) electrons. The number of halogens is 1. The van der Waals surface area contributed by atoms with Gasteiger partial charge in [-0.2, -0.15) is 0 Å². The fourth-order valence-corrected chi connectivity index (χ4v) is 2.42. The van der Waals surface area contributed by atoms with E-state index in [1.54, 1.807) is 0 Å². The van der Waals surface area contributed by atoms with Crippen molar-refractivity contribution in [2.24, 2.45) is 11.8 Å². The van der Waals surface area contributed by atoms with E-state index in [0.717, 1.165) is 21.8 Å². The minimum Gasteiger partial charge on any atom is -0.459 e. The van der Waals surface area contributed by atoms with Gasteiger partial charge in [-0.3, -0.25) is 0 Å². The summed E-state index contributed by atoms with van der Waals surface area (Å²) in [7, 11) is 1.98.